The number of anilines is 1. The lowest BCUT2D eigenvalue weighted by Gasteiger charge is -2.40. The molecule has 0 bridgehead atoms. The molecule has 5 N–H and O–H groups in total. The summed E-state index contributed by atoms with van der Waals surface area (Å²) in [4.78, 5) is 15.1. The Hall–Kier alpha value is -3.56. The molecule has 8 nitrogen and oxygen atoms in total. The largest absolute Gasteiger partial charge is 0.396 e. The average Bonchev–Trinajstić information content (AvgIpc) is 3.41. The van der Waals surface area contributed by atoms with Crippen molar-refractivity contribution in [3.63, 3.8) is 0 Å². The number of benzene rings is 2. The number of nitrogens with zero attached hydrogens (tertiary/aromatic N) is 2. The normalized spacial score (nSPS) is 26.9. The zero-order chi connectivity index (χ0) is 34.6. The molecule has 5 atom stereocenters. The van der Waals surface area contributed by atoms with Gasteiger partial charge in [-0.15, -0.1) is 0 Å². The molecule has 3 aliphatic rings. The summed E-state index contributed by atoms with van der Waals surface area (Å²) in [6, 6.07) is 16.2. The first-order valence-electron chi connectivity index (χ1n) is 17.5. The molecule has 48 heavy (non-hydrogen) atoms. The van der Waals surface area contributed by atoms with E-state index in [2.05, 4.69) is 128 Å². The van der Waals surface area contributed by atoms with Crippen LogP contribution in [-0.2, 0) is 15.6 Å². The third kappa shape index (κ3) is 6.95. The third-order valence-electron chi connectivity index (χ3n) is 10.5. The molecule has 0 saturated heterocycles. The van der Waals surface area contributed by atoms with Crippen LogP contribution in [0.15, 0.2) is 84.6 Å². The number of aliphatic hydroxyl groups is 4. The van der Waals surface area contributed by atoms with E-state index in [4.69, 9.17) is 0 Å². The van der Waals surface area contributed by atoms with Crippen LogP contribution >= 0.6 is 0 Å². The van der Waals surface area contributed by atoms with Crippen LogP contribution in [-0.4, -0.2) is 80.7 Å². The molecular weight excluding hydrogens is 602 g/mol. The first-order valence-corrected chi connectivity index (χ1v) is 17.5. The first kappa shape index (κ1) is 35.7. The van der Waals surface area contributed by atoms with Gasteiger partial charge in [-0.05, 0) is 50.8 Å². The molecule has 1 saturated carbocycles. The maximum absolute atomic E-state index is 12.8. The van der Waals surface area contributed by atoms with Gasteiger partial charge in [0.05, 0.1) is 23.7 Å². The Labute approximate surface area is 285 Å². The molecule has 0 radical (unpaired) electrons. The van der Waals surface area contributed by atoms with Crippen LogP contribution in [0, 0.1) is 5.92 Å². The fraction of sp³-hybridized carbons (Fsp3) is 0.500. The van der Waals surface area contributed by atoms with Gasteiger partial charge in [-0.1, -0.05) is 75.4 Å². The smallest absolute Gasteiger partial charge is 0.220 e. The van der Waals surface area contributed by atoms with Crippen molar-refractivity contribution in [3.8, 4) is 0 Å². The zero-order valence-electron chi connectivity index (χ0n) is 29.1. The van der Waals surface area contributed by atoms with E-state index in [-0.39, 0.29) is 36.2 Å². The summed E-state index contributed by atoms with van der Waals surface area (Å²) in [5, 5.41) is 43.2. The van der Waals surface area contributed by atoms with E-state index in [1.807, 2.05) is 0 Å². The van der Waals surface area contributed by atoms with Crippen molar-refractivity contribution < 1.29 is 29.8 Å². The summed E-state index contributed by atoms with van der Waals surface area (Å²) in [5.74, 6) is -0.888. The monoisotopic (exact) mass is 656 g/mol. The fourth-order valence-corrected chi connectivity index (χ4v) is 7.84. The first-order chi connectivity index (χ1) is 22.9. The van der Waals surface area contributed by atoms with Crippen LogP contribution in [0.3, 0.4) is 0 Å². The summed E-state index contributed by atoms with van der Waals surface area (Å²) in [6.45, 7) is 12.7. The topological polar surface area (TPSA) is 116 Å². The molecule has 8 heteroatoms. The number of fused-ring (bicyclic) bond motifs is 2. The van der Waals surface area contributed by atoms with Crippen molar-refractivity contribution in [2.45, 2.75) is 102 Å². The molecule has 1 amide bonds. The van der Waals surface area contributed by atoms with E-state index in [1.54, 1.807) is 0 Å². The zero-order valence-corrected chi connectivity index (χ0v) is 29.1. The number of carbonyl (C=O) groups is 1. The Kier molecular flexibility index (Phi) is 11.1. The van der Waals surface area contributed by atoms with Crippen molar-refractivity contribution >= 4 is 23.0 Å². The van der Waals surface area contributed by atoms with E-state index in [0.29, 0.717) is 6.42 Å². The minimum Gasteiger partial charge on any atom is -0.396 e. The van der Waals surface area contributed by atoms with Crippen LogP contribution < -0.4 is 10.2 Å². The maximum atomic E-state index is 12.8. The van der Waals surface area contributed by atoms with Crippen LogP contribution in [0.25, 0.3) is 0 Å². The Bertz CT molecular complexity index is 1590. The highest BCUT2D eigenvalue weighted by Gasteiger charge is 2.45. The van der Waals surface area contributed by atoms with Gasteiger partial charge >= 0.3 is 0 Å². The van der Waals surface area contributed by atoms with Gasteiger partial charge in [0.25, 0.3) is 0 Å². The maximum Gasteiger partial charge on any atom is 0.220 e. The summed E-state index contributed by atoms with van der Waals surface area (Å²) in [7, 11) is 0. The van der Waals surface area contributed by atoms with E-state index in [9.17, 15) is 25.2 Å². The van der Waals surface area contributed by atoms with Gasteiger partial charge in [-0.3, -0.25) is 4.79 Å². The molecule has 1 unspecified atom stereocenters. The molecule has 1 aliphatic carbocycles. The van der Waals surface area contributed by atoms with Gasteiger partial charge in [0, 0.05) is 66.4 Å². The van der Waals surface area contributed by atoms with Crippen LogP contribution in [0.1, 0.15) is 77.8 Å². The molecule has 2 aromatic carbocycles. The average molecular weight is 657 g/mol. The second kappa shape index (κ2) is 14.9. The molecule has 5 rings (SSSR count). The predicted octanol–water partition coefficient (Wildman–Crippen LogP) is 5.02. The number of allylic oxidation sites excluding steroid dienone is 6. The number of hydrogen-bond donors (Lipinski definition) is 5. The quantitative estimate of drug-likeness (QED) is 0.125. The number of para-hydroxylation sites is 2. The highest BCUT2D eigenvalue weighted by Crippen LogP contribution is 2.47. The van der Waals surface area contributed by atoms with Crippen molar-refractivity contribution in [3.05, 3.63) is 95.7 Å². The van der Waals surface area contributed by atoms with Gasteiger partial charge in [0.2, 0.25) is 11.6 Å². The summed E-state index contributed by atoms with van der Waals surface area (Å²) in [5.41, 5.74) is 7.36. The van der Waals surface area contributed by atoms with Gasteiger partial charge in [-0.25, -0.2) is 0 Å². The molecular formula is C40H54N3O5+. The van der Waals surface area contributed by atoms with Crippen LogP contribution in [0.2, 0.25) is 0 Å². The number of unbranched alkanes of at least 4 members (excludes halogenated alkanes) is 1. The number of rotatable bonds is 12. The number of nitrogens with one attached hydrogen (secondary N) is 1. The number of aliphatic hydroxyl groups excluding tert-OH is 4. The Balaban J connectivity index is 1.25. The molecule has 2 aliphatic heterocycles. The van der Waals surface area contributed by atoms with Crippen LogP contribution in [0.5, 0.6) is 0 Å². The van der Waals surface area contributed by atoms with Crippen molar-refractivity contribution in [1.82, 2.24) is 5.32 Å². The van der Waals surface area contributed by atoms with Crippen LogP contribution in [0.4, 0.5) is 11.4 Å². The summed E-state index contributed by atoms with van der Waals surface area (Å²) < 4.78 is 2.45. The lowest BCUT2D eigenvalue weighted by atomic mass is 9.79. The fourth-order valence-electron chi connectivity index (χ4n) is 7.84. The molecule has 258 valence electrons. The Morgan fingerprint density at radius 1 is 0.938 bits per heavy atom. The standard InChI is InChI=1S/C40H53N3O5/c1-6-23-42-30-18-12-10-16-28(30)39(2,3)33(42)20-8-7-9-21-34-40(4,5)29-17-11-13-19-31(29)43(34)24-15-14-22-35(46)41-36-32(45)25-27(26-44)37(47)38(36)48/h7-13,16-21,27,32,36-38,44-45,47-48H,6,14-15,22-26H2,1-5H3/p+1/t27-,32?,36-,37-,38-/m1/s1. The van der Waals surface area contributed by atoms with E-state index < -0.39 is 30.3 Å². The highest BCUT2D eigenvalue weighted by molar-refractivity contribution is 6.03. The van der Waals surface area contributed by atoms with E-state index >= 15 is 0 Å². The number of hydrogen-bond acceptors (Lipinski definition) is 6. The highest BCUT2D eigenvalue weighted by atomic mass is 16.3. The lowest BCUT2D eigenvalue weighted by Crippen LogP contribution is -2.61. The Morgan fingerprint density at radius 3 is 2.38 bits per heavy atom. The summed E-state index contributed by atoms with van der Waals surface area (Å²) in [6.07, 6.45) is 10.1. The Morgan fingerprint density at radius 2 is 1.65 bits per heavy atom. The number of carbonyl (C=O) groups excluding carboxylic acids is 1. The molecule has 0 aromatic heterocycles. The predicted molar refractivity (Wildman–Crippen MR) is 192 cm³/mol. The summed E-state index contributed by atoms with van der Waals surface area (Å²) >= 11 is 0. The number of amides is 1. The van der Waals surface area contributed by atoms with Gasteiger partial charge in [-0.2, -0.15) is 4.58 Å². The van der Waals surface area contributed by atoms with E-state index in [0.717, 1.165) is 25.9 Å². The van der Waals surface area contributed by atoms with Gasteiger partial charge < -0.3 is 30.6 Å². The third-order valence-corrected chi connectivity index (χ3v) is 10.5. The van der Waals surface area contributed by atoms with Crippen molar-refractivity contribution in [1.29, 1.82) is 0 Å². The molecule has 1 fully saturated rings. The molecule has 2 aromatic rings. The van der Waals surface area contributed by atoms with E-state index in [1.165, 1.54) is 33.9 Å². The SMILES string of the molecule is CCC[N+]1=C(/C=C/C=C/C=C2/N(CCCCC(=O)N[C@@H]3C(O)C[C@H](CO)[C@@H](O)[C@@H]3O)c3ccccc3C2(C)C)C(C)(C)c2ccccc21. The molecule has 0 spiro atoms. The molecule has 2 heterocycles. The van der Waals surface area contributed by atoms with Gasteiger partial charge in [0.15, 0.2) is 5.71 Å². The second-order valence-corrected chi connectivity index (χ2v) is 14.5. The lowest BCUT2D eigenvalue weighted by molar-refractivity contribution is -0.437. The minimum absolute atomic E-state index is 0.0718. The van der Waals surface area contributed by atoms with Crippen molar-refractivity contribution in [2.75, 3.05) is 24.6 Å². The second-order valence-electron chi connectivity index (χ2n) is 14.5. The minimum atomic E-state index is -1.33. The van der Waals surface area contributed by atoms with Crippen molar-refractivity contribution in [2.24, 2.45) is 5.92 Å². The van der Waals surface area contributed by atoms with Gasteiger partial charge in [0.1, 0.15) is 12.6 Å².